The van der Waals surface area contributed by atoms with Crippen LogP contribution < -0.4 is 4.74 Å². The number of ether oxygens (including phenoxy) is 2. The van der Waals surface area contributed by atoms with Gasteiger partial charge in [0.15, 0.2) is 0 Å². The molecule has 188 valence electrons. The van der Waals surface area contributed by atoms with Crippen LogP contribution in [0.3, 0.4) is 0 Å². The number of esters is 1. The maximum Gasteiger partial charge on any atom is 0.317 e. The first-order valence-electron chi connectivity index (χ1n) is 13.2. The van der Waals surface area contributed by atoms with Gasteiger partial charge in [-0.15, -0.1) is 0 Å². The molecule has 0 N–H and O–H groups in total. The molecule has 0 bridgehead atoms. The van der Waals surface area contributed by atoms with Gasteiger partial charge >= 0.3 is 5.97 Å². The number of hydrogen-bond acceptors (Lipinski definition) is 3. The second kappa shape index (κ2) is 14.8. The molecule has 0 saturated heterocycles. The van der Waals surface area contributed by atoms with Crippen LogP contribution in [-0.4, -0.2) is 37.4 Å². The molecule has 0 aliphatic rings. The first kappa shape index (κ1) is 27.9. The van der Waals surface area contributed by atoms with Gasteiger partial charge in [-0.2, -0.15) is 0 Å². The van der Waals surface area contributed by atoms with Crippen molar-refractivity contribution in [1.82, 2.24) is 0 Å². The van der Waals surface area contributed by atoms with Crippen LogP contribution in [0.2, 0.25) is 0 Å². The highest BCUT2D eigenvalue weighted by atomic mass is 16.7. The van der Waals surface area contributed by atoms with Gasteiger partial charge in [0.2, 0.25) is 6.29 Å². The van der Waals surface area contributed by atoms with E-state index in [1.54, 1.807) is 0 Å². The summed E-state index contributed by atoms with van der Waals surface area (Å²) in [5.74, 6) is 0.482. The van der Waals surface area contributed by atoms with E-state index >= 15 is 0 Å². The van der Waals surface area contributed by atoms with Crippen molar-refractivity contribution in [1.29, 1.82) is 0 Å². The van der Waals surface area contributed by atoms with Crippen LogP contribution in [0.5, 0.6) is 5.75 Å². The molecule has 0 fully saturated rings. The van der Waals surface area contributed by atoms with Crippen LogP contribution in [-0.2, 0) is 22.5 Å². The third kappa shape index (κ3) is 10.3. The summed E-state index contributed by atoms with van der Waals surface area (Å²) in [5.41, 5.74) is 2.46. The molecule has 2 atom stereocenters. The Bertz CT molecular complexity index is 834. The van der Waals surface area contributed by atoms with Crippen molar-refractivity contribution in [3.8, 4) is 5.75 Å². The average Bonchev–Trinajstić information content (AvgIpc) is 2.81. The van der Waals surface area contributed by atoms with Gasteiger partial charge in [0, 0.05) is 12.5 Å². The van der Waals surface area contributed by atoms with E-state index < -0.39 is 6.29 Å². The summed E-state index contributed by atoms with van der Waals surface area (Å²) in [7, 11) is 4.34. The van der Waals surface area contributed by atoms with E-state index in [1.165, 1.54) is 43.2 Å². The normalized spacial score (nSPS) is 13.3. The SMILES string of the molecule is CCCCCCCCc1ccccc1OC(C)OC(=O)C(CC)C[N+](C)(C)Cc1ccccc1. The number of rotatable bonds is 16. The van der Waals surface area contributed by atoms with Crippen molar-refractivity contribution in [3.63, 3.8) is 0 Å². The second-order valence-corrected chi connectivity index (χ2v) is 10.1. The minimum Gasteiger partial charge on any atom is -0.455 e. The van der Waals surface area contributed by atoms with Crippen molar-refractivity contribution in [2.24, 2.45) is 5.92 Å². The number of aryl methyl sites for hydroxylation is 1. The first-order chi connectivity index (χ1) is 16.3. The predicted molar refractivity (Wildman–Crippen MR) is 141 cm³/mol. The van der Waals surface area contributed by atoms with E-state index in [2.05, 4.69) is 64.3 Å². The Labute approximate surface area is 207 Å². The summed E-state index contributed by atoms with van der Waals surface area (Å²) in [5, 5.41) is 0. The van der Waals surface area contributed by atoms with E-state index in [1.807, 2.05) is 25.1 Å². The molecule has 4 heteroatoms. The third-order valence-corrected chi connectivity index (χ3v) is 6.34. The Kier molecular flexibility index (Phi) is 12.2. The number of para-hydroxylation sites is 1. The molecule has 0 heterocycles. The van der Waals surface area contributed by atoms with Gasteiger partial charge in [-0.05, 0) is 30.9 Å². The molecule has 34 heavy (non-hydrogen) atoms. The molecule has 2 aromatic carbocycles. The largest absolute Gasteiger partial charge is 0.455 e. The molecular formula is C30H46NO3+. The predicted octanol–water partition coefficient (Wildman–Crippen LogP) is 7.16. The molecule has 2 rings (SSSR count). The van der Waals surface area contributed by atoms with Gasteiger partial charge in [-0.1, -0.05) is 94.5 Å². The van der Waals surface area contributed by atoms with Crippen molar-refractivity contribution in [3.05, 3.63) is 65.7 Å². The average molecular weight is 469 g/mol. The molecule has 2 unspecified atom stereocenters. The zero-order chi connectivity index (χ0) is 24.8. The van der Waals surface area contributed by atoms with Gasteiger partial charge < -0.3 is 14.0 Å². The van der Waals surface area contributed by atoms with Crippen LogP contribution in [0.1, 0.15) is 76.8 Å². The number of unbranched alkanes of at least 4 members (excludes halogenated alkanes) is 5. The van der Waals surface area contributed by atoms with Crippen LogP contribution in [0.15, 0.2) is 54.6 Å². The number of benzene rings is 2. The van der Waals surface area contributed by atoms with E-state index in [4.69, 9.17) is 9.47 Å². The number of hydrogen-bond donors (Lipinski definition) is 0. The fraction of sp³-hybridized carbons (Fsp3) is 0.567. The number of carbonyl (C=O) groups is 1. The van der Waals surface area contributed by atoms with Gasteiger partial charge in [0.25, 0.3) is 0 Å². The minimum atomic E-state index is -0.614. The highest BCUT2D eigenvalue weighted by Gasteiger charge is 2.29. The Morgan fingerprint density at radius 3 is 2.24 bits per heavy atom. The van der Waals surface area contributed by atoms with Gasteiger partial charge in [0.1, 0.15) is 18.2 Å². The van der Waals surface area contributed by atoms with Gasteiger partial charge in [-0.25, -0.2) is 0 Å². The lowest BCUT2D eigenvalue weighted by Crippen LogP contribution is -2.45. The molecule has 0 saturated carbocycles. The third-order valence-electron chi connectivity index (χ3n) is 6.34. The highest BCUT2D eigenvalue weighted by Crippen LogP contribution is 2.23. The Balaban J connectivity index is 1.87. The van der Waals surface area contributed by atoms with Crippen LogP contribution >= 0.6 is 0 Å². The summed E-state index contributed by atoms with van der Waals surface area (Å²) >= 11 is 0. The lowest BCUT2D eigenvalue weighted by atomic mass is 10.0. The maximum atomic E-state index is 13.0. The van der Waals surface area contributed by atoms with Crippen molar-refractivity contribution >= 4 is 5.97 Å². The minimum absolute atomic E-state index is 0.164. The van der Waals surface area contributed by atoms with E-state index in [9.17, 15) is 4.79 Å². The standard InChI is InChI=1S/C30H46NO3/c1-6-8-9-10-11-15-20-28-21-16-17-22-29(28)33-25(3)34-30(32)27(7-2)24-31(4,5)23-26-18-13-12-14-19-26/h12-14,16-19,21-22,25,27H,6-11,15,20,23-24H2,1-5H3/q+1. The lowest BCUT2D eigenvalue weighted by molar-refractivity contribution is -0.906. The van der Waals surface area contributed by atoms with Crippen LogP contribution in [0, 0.1) is 5.92 Å². The van der Waals surface area contributed by atoms with Crippen molar-refractivity contribution < 1.29 is 18.8 Å². The number of carbonyl (C=O) groups excluding carboxylic acids is 1. The number of nitrogens with zero attached hydrogens (tertiary/aromatic N) is 1. The topological polar surface area (TPSA) is 35.5 Å². The molecule has 0 aromatic heterocycles. The van der Waals surface area contributed by atoms with E-state index in [0.717, 1.165) is 42.6 Å². The zero-order valence-corrected chi connectivity index (χ0v) is 22.1. The van der Waals surface area contributed by atoms with Crippen LogP contribution in [0.4, 0.5) is 0 Å². The molecular weight excluding hydrogens is 422 g/mol. The summed E-state index contributed by atoms with van der Waals surface area (Å²) in [6.45, 7) is 7.72. The second-order valence-electron chi connectivity index (χ2n) is 10.1. The summed E-state index contributed by atoms with van der Waals surface area (Å²) in [6.07, 6.45) is 8.74. The number of quaternary nitrogens is 1. The van der Waals surface area contributed by atoms with E-state index in [0.29, 0.717) is 0 Å². The molecule has 4 nitrogen and oxygen atoms in total. The summed E-state index contributed by atoms with van der Waals surface area (Å²) in [6, 6.07) is 18.6. The quantitative estimate of drug-likeness (QED) is 0.113. The smallest absolute Gasteiger partial charge is 0.317 e. The molecule has 0 spiro atoms. The molecule has 0 aliphatic heterocycles. The fourth-order valence-electron chi connectivity index (χ4n) is 4.49. The van der Waals surface area contributed by atoms with Gasteiger partial charge in [0.05, 0.1) is 20.6 Å². The first-order valence-corrected chi connectivity index (χ1v) is 13.2. The molecule has 0 amide bonds. The monoisotopic (exact) mass is 468 g/mol. The molecule has 2 aromatic rings. The Morgan fingerprint density at radius 2 is 1.53 bits per heavy atom. The Morgan fingerprint density at radius 1 is 0.882 bits per heavy atom. The summed E-state index contributed by atoms with van der Waals surface area (Å²) in [4.78, 5) is 13.0. The maximum absolute atomic E-state index is 13.0. The van der Waals surface area contributed by atoms with Crippen molar-refractivity contribution in [2.75, 3.05) is 20.6 Å². The van der Waals surface area contributed by atoms with Gasteiger partial charge in [-0.3, -0.25) is 4.79 Å². The van der Waals surface area contributed by atoms with Crippen LogP contribution in [0.25, 0.3) is 0 Å². The van der Waals surface area contributed by atoms with E-state index in [-0.39, 0.29) is 11.9 Å². The lowest BCUT2D eigenvalue weighted by Gasteiger charge is -2.33. The highest BCUT2D eigenvalue weighted by molar-refractivity contribution is 5.72. The molecule has 0 aliphatic carbocycles. The summed E-state index contributed by atoms with van der Waals surface area (Å²) < 4.78 is 12.6. The molecule has 0 radical (unpaired) electrons. The fourth-order valence-corrected chi connectivity index (χ4v) is 4.49. The Hall–Kier alpha value is -2.33. The van der Waals surface area contributed by atoms with Crippen molar-refractivity contribution in [2.45, 2.75) is 85.0 Å². The zero-order valence-electron chi connectivity index (χ0n) is 22.1.